The Morgan fingerprint density at radius 2 is 1.95 bits per heavy atom. The number of carbonyl (C=O) groups is 1. The SMILES string of the molecule is Nc1ccc(F)cc1NC(=O)CSCc1ccc(Cl)cc1. The van der Waals surface area contributed by atoms with Crippen LogP contribution in [0.5, 0.6) is 0 Å². The van der Waals surface area contributed by atoms with Crippen molar-refractivity contribution in [1.82, 2.24) is 0 Å². The maximum absolute atomic E-state index is 13.1. The molecule has 0 aliphatic heterocycles. The number of nitrogen functional groups attached to an aromatic ring is 1. The van der Waals surface area contributed by atoms with Crippen LogP contribution in [-0.2, 0) is 10.5 Å². The van der Waals surface area contributed by atoms with E-state index in [4.69, 9.17) is 17.3 Å². The topological polar surface area (TPSA) is 55.1 Å². The summed E-state index contributed by atoms with van der Waals surface area (Å²) < 4.78 is 13.1. The number of amides is 1. The summed E-state index contributed by atoms with van der Waals surface area (Å²) in [5.74, 6) is 0.307. The van der Waals surface area contributed by atoms with Gasteiger partial charge in [0, 0.05) is 10.8 Å². The van der Waals surface area contributed by atoms with Crippen molar-refractivity contribution in [3.63, 3.8) is 0 Å². The van der Waals surface area contributed by atoms with Crippen LogP contribution in [0.4, 0.5) is 15.8 Å². The van der Waals surface area contributed by atoms with Crippen LogP contribution in [0.2, 0.25) is 5.02 Å². The maximum atomic E-state index is 13.1. The van der Waals surface area contributed by atoms with E-state index in [1.807, 2.05) is 24.3 Å². The molecule has 0 atom stereocenters. The Bertz CT molecular complexity index is 634. The molecule has 2 rings (SSSR count). The molecule has 0 unspecified atom stereocenters. The highest BCUT2D eigenvalue weighted by Crippen LogP contribution is 2.20. The third-order valence-corrected chi connectivity index (χ3v) is 3.96. The van der Waals surface area contributed by atoms with Crippen molar-refractivity contribution in [3.05, 3.63) is 58.9 Å². The first-order chi connectivity index (χ1) is 10.0. The second-order valence-corrected chi connectivity index (χ2v) is 5.82. The van der Waals surface area contributed by atoms with Gasteiger partial charge in [0.15, 0.2) is 0 Å². The lowest BCUT2D eigenvalue weighted by molar-refractivity contribution is -0.113. The monoisotopic (exact) mass is 324 g/mol. The van der Waals surface area contributed by atoms with E-state index in [-0.39, 0.29) is 11.7 Å². The number of halogens is 2. The van der Waals surface area contributed by atoms with Gasteiger partial charge in [-0.25, -0.2) is 4.39 Å². The molecule has 3 N–H and O–H groups in total. The zero-order valence-corrected chi connectivity index (χ0v) is 12.7. The van der Waals surface area contributed by atoms with E-state index >= 15 is 0 Å². The summed E-state index contributed by atoms with van der Waals surface area (Å²) in [6.07, 6.45) is 0. The molecular formula is C15H14ClFN2OS. The van der Waals surface area contributed by atoms with E-state index in [1.165, 1.54) is 30.0 Å². The van der Waals surface area contributed by atoms with Crippen molar-refractivity contribution in [2.24, 2.45) is 0 Å². The zero-order valence-electron chi connectivity index (χ0n) is 11.1. The van der Waals surface area contributed by atoms with Gasteiger partial charge in [-0.2, -0.15) is 0 Å². The highest BCUT2D eigenvalue weighted by atomic mass is 35.5. The van der Waals surface area contributed by atoms with Gasteiger partial charge in [-0.15, -0.1) is 11.8 Å². The molecule has 0 spiro atoms. The second-order valence-electron chi connectivity index (χ2n) is 4.40. The van der Waals surface area contributed by atoms with Gasteiger partial charge in [0.05, 0.1) is 17.1 Å². The van der Waals surface area contributed by atoms with Crippen LogP contribution < -0.4 is 11.1 Å². The number of carbonyl (C=O) groups excluding carboxylic acids is 1. The summed E-state index contributed by atoms with van der Waals surface area (Å²) in [7, 11) is 0. The van der Waals surface area contributed by atoms with Crippen molar-refractivity contribution in [2.75, 3.05) is 16.8 Å². The van der Waals surface area contributed by atoms with Gasteiger partial charge in [-0.1, -0.05) is 23.7 Å². The normalized spacial score (nSPS) is 10.4. The minimum Gasteiger partial charge on any atom is -0.397 e. The fourth-order valence-electron chi connectivity index (χ4n) is 1.67. The molecule has 0 fully saturated rings. The van der Waals surface area contributed by atoms with E-state index in [9.17, 15) is 9.18 Å². The van der Waals surface area contributed by atoms with Crippen molar-refractivity contribution in [2.45, 2.75) is 5.75 Å². The first kappa shape index (κ1) is 15.7. The average Bonchev–Trinajstić information content (AvgIpc) is 2.45. The molecule has 3 nitrogen and oxygen atoms in total. The van der Waals surface area contributed by atoms with E-state index in [2.05, 4.69) is 5.32 Å². The van der Waals surface area contributed by atoms with Crippen LogP contribution in [0.25, 0.3) is 0 Å². The Hall–Kier alpha value is -1.72. The summed E-state index contributed by atoms with van der Waals surface area (Å²) in [6.45, 7) is 0. The standard InChI is InChI=1S/C15H14ClFN2OS/c16-11-3-1-10(2-4-11)8-21-9-15(20)19-14-7-12(17)5-6-13(14)18/h1-7H,8-9,18H2,(H,19,20). The van der Waals surface area contributed by atoms with Crippen molar-refractivity contribution >= 4 is 40.6 Å². The summed E-state index contributed by atoms with van der Waals surface area (Å²) in [5.41, 5.74) is 7.40. The molecule has 0 aromatic heterocycles. The summed E-state index contributed by atoms with van der Waals surface area (Å²) in [4.78, 5) is 11.8. The number of nitrogens with two attached hydrogens (primary N) is 1. The third kappa shape index (κ3) is 4.95. The van der Waals surface area contributed by atoms with Crippen LogP contribution in [0.15, 0.2) is 42.5 Å². The van der Waals surface area contributed by atoms with E-state index < -0.39 is 5.82 Å². The Balaban J connectivity index is 1.82. The predicted octanol–water partition coefficient (Wildman–Crippen LogP) is 3.93. The minimum atomic E-state index is -0.437. The van der Waals surface area contributed by atoms with Crippen LogP contribution in [0, 0.1) is 5.82 Å². The quantitative estimate of drug-likeness (QED) is 0.819. The fourth-order valence-corrected chi connectivity index (χ4v) is 2.58. The van der Waals surface area contributed by atoms with Crippen LogP contribution >= 0.6 is 23.4 Å². The summed E-state index contributed by atoms with van der Waals surface area (Å²) >= 11 is 7.26. The lowest BCUT2D eigenvalue weighted by atomic mass is 10.2. The molecule has 0 aliphatic rings. The predicted molar refractivity (Wildman–Crippen MR) is 87.1 cm³/mol. The summed E-state index contributed by atoms with van der Waals surface area (Å²) in [6, 6.07) is 11.3. The fraction of sp³-hybridized carbons (Fsp3) is 0.133. The molecule has 2 aromatic carbocycles. The Morgan fingerprint density at radius 1 is 1.24 bits per heavy atom. The van der Waals surface area contributed by atoms with Gasteiger partial charge in [-0.3, -0.25) is 4.79 Å². The smallest absolute Gasteiger partial charge is 0.234 e. The van der Waals surface area contributed by atoms with Gasteiger partial charge >= 0.3 is 0 Å². The molecule has 110 valence electrons. The molecule has 0 saturated carbocycles. The number of thioether (sulfide) groups is 1. The molecule has 0 bridgehead atoms. The molecule has 2 aromatic rings. The van der Waals surface area contributed by atoms with Gasteiger partial charge in [0.1, 0.15) is 5.82 Å². The van der Waals surface area contributed by atoms with Crippen molar-refractivity contribution < 1.29 is 9.18 Å². The first-order valence-corrected chi connectivity index (χ1v) is 7.75. The molecule has 0 saturated heterocycles. The van der Waals surface area contributed by atoms with E-state index in [1.54, 1.807) is 0 Å². The van der Waals surface area contributed by atoms with Gasteiger partial charge in [0.25, 0.3) is 0 Å². The van der Waals surface area contributed by atoms with Gasteiger partial charge < -0.3 is 11.1 Å². The lowest BCUT2D eigenvalue weighted by Crippen LogP contribution is -2.15. The number of rotatable bonds is 5. The third-order valence-electron chi connectivity index (χ3n) is 2.70. The van der Waals surface area contributed by atoms with Crippen LogP contribution in [-0.4, -0.2) is 11.7 Å². The summed E-state index contributed by atoms with van der Waals surface area (Å²) in [5, 5.41) is 3.28. The highest BCUT2D eigenvalue weighted by Gasteiger charge is 2.07. The van der Waals surface area contributed by atoms with Gasteiger partial charge in [0.2, 0.25) is 5.91 Å². The van der Waals surface area contributed by atoms with E-state index in [0.29, 0.717) is 22.2 Å². The molecular weight excluding hydrogens is 311 g/mol. The highest BCUT2D eigenvalue weighted by molar-refractivity contribution is 7.99. The molecule has 0 radical (unpaired) electrons. The number of nitrogens with one attached hydrogen (secondary N) is 1. The average molecular weight is 325 g/mol. The molecule has 6 heteroatoms. The molecule has 0 heterocycles. The first-order valence-electron chi connectivity index (χ1n) is 6.21. The number of benzene rings is 2. The van der Waals surface area contributed by atoms with Crippen LogP contribution in [0.3, 0.4) is 0 Å². The number of hydrogen-bond acceptors (Lipinski definition) is 3. The maximum Gasteiger partial charge on any atom is 0.234 e. The lowest BCUT2D eigenvalue weighted by Gasteiger charge is -2.08. The Kier molecular flexibility index (Phi) is 5.47. The van der Waals surface area contributed by atoms with E-state index in [0.717, 1.165) is 5.56 Å². The molecule has 1 amide bonds. The minimum absolute atomic E-state index is 0.216. The van der Waals surface area contributed by atoms with Gasteiger partial charge in [-0.05, 0) is 35.9 Å². The Morgan fingerprint density at radius 3 is 2.67 bits per heavy atom. The largest absolute Gasteiger partial charge is 0.397 e. The molecule has 0 aliphatic carbocycles. The van der Waals surface area contributed by atoms with Crippen LogP contribution in [0.1, 0.15) is 5.56 Å². The zero-order chi connectivity index (χ0) is 15.2. The van der Waals surface area contributed by atoms with Crippen molar-refractivity contribution in [3.8, 4) is 0 Å². The second kappa shape index (κ2) is 7.33. The number of anilines is 2. The molecule has 21 heavy (non-hydrogen) atoms. The Labute approximate surface area is 131 Å². The van der Waals surface area contributed by atoms with Crippen molar-refractivity contribution in [1.29, 1.82) is 0 Å². The number of hydrogen-bond donors (Lipinski definition) is 2.